The van der Waals surface area contributed by atoms with Crippen LogP contribution in [-0.2, 0) is 0 Å². The minimum Gasteiger partial charge on any atom is -0.337 e. The number of benzene rings is 1. The molecule has 1 unspecified atom stereocenters. The molecule has 19 heavy (non-hydrogen) atoms. The summed E-state index contributed by atoms with van der Waals surface area (Å²) in [5.74, 6) is -0.258. The second-order valence-corrected chi connectivity index (χ2v) is 5.11. The third-order valence-electron chi connectivity index (χ3n) is 3.61. The molecule has 1 amide bonds. The molecular weight excluding hydrogens is 243 g/mol. The van der Waals surface area contributed by atoms with E-state index in [9.17, 15) is 9.18 Å². The highest BCUT2D eigenvalue weighted by Crippen LogP contribution is 2.16. The van der Waals surface area contributed by atoms with Crippen LogP contribution in [0.5, 0.6) is 0 Å². The molecule has 4 heteroatoms. The van der Waals surface area contributed by atoms with Crippen molar-refractivity contribution in [2.24, 2.45) is 0 Å². The molecule has 1 aromatic rings. The standard InChI is InChI=1S/C15H21FN2O/c1-3-17-13-5-4-8-18(10-13)15(19)12-6-7-14(16)11(2)9-12/h6-7,9,13,17H,3-5,8,10H2,1-2H3. The number of halogens is 1. The van der Waals surface area contributed by atoms with E-state index in [1.165, 1.54) is 6.07 Å². The van der Waals surface area contributed by atoms with Gasteiger partial charge in [-0.25, -0.2) is 4.39 Å². The molecule has 1 aliphatic heterocycles. The van der Waals surface area contributed by atoms with Gasteiger partial charge in [-0.3, -0.25) is 4.79 Å². The number of nitrogens with one attached hydrogen (secondary N) is 1. The van der Waals surface area contributed by atoms with Crippen molar-refractivity contribution in [3.8, 4) is 0 Å². The van der Waals surface area contributed by atoms with Crippen molar-refractivity contribution >= 4 is 5.91 Å². The first-order chi connectivity index (χ1) is 9.11. The van der Waals surface area contributed by atoms with Crippen LogP contribution in [0.3, 0.4) is 0 Å². The molecule has 1 N–H and O–H groups in total. The van der Waals surface area contributed by atoms with Gasteiger partial charge in [-0.05, 0) is 50.1 Å². The van der Waals surface area contributed by atoms with Gasteiger partial charge in [0, 0.05) is 24.7 Å². The molecule has 1 aliphatic rings. The number of carbonyl (C=O) groups excluding carboxylic acids is 1. The molecule has 0 aliphatic carbocycles. The van der Waals surface area contributed by atoms with Gasteiger partial charge in [-0.15, -0.1) is 0 Å². The summed E-state index contributed by atoms with van der Waals surface area (Å²) < 4.78 is 13.2. The highest BCUT2D eigenvalue weighted by Gasteiger charge is 2.24. The largest absolute Gasteiger partial charge is 0.337 e. The van der Waals surface area contributed by atoms with Crippen LogP contribution >= 0.6 is 0 Å². The van der Waals surface area contributed by atoms with Gasteiger partial charge in [0.25, 0.3) is 5.91 Å². The molecule has 0 aromatic heterocycles. The summed E-state index contributed by atoms with van der Waals surface area (Å²) in [5, 5.41) is 3.39. The molecule has 0 spiro atoms. The summed E-state index contributed by atoms with van der Waals surface area (Å²) in [6.45, 7) is 6.20. The number of piperidine rings is 1. The van der Waals surface area contributed by atoms with Crippen LogP contribution in [0.15, 0.2) is 18.2 Å². The van der Waals surface area contributed by atoms with Gasteiger partial charge in [0.2, 0.25) is 0 Å². The lowest BCUT2D eigenvalue weighted by molar-refractivity contribution is 0.0695. The third-order valence-corrected chi connectivity index (χ3v) is 3.61. The van der Waals surface area contributed by atoms with Crippen LogP contribution in [0.1, 0.15) is 35.7 Å². The molecule has 0 bridgehead atoms. The summed E-state index contributed by atoms with van der Waals surface area (Å²) in [6.07, 6.45) is 2.13. The fourth-order valence-corrected chi connectivity index (χ4v) is 2.58. The van der Waals surface area contributed by atoms with Gasteiger partial charge in [0.05, 0.1) is 0 Å². The topological polar surface area (TPSA) is 32.3 Å². The highest BCUT2D eigenvalue weighted by molar-refractivity contribution is 5.94. The Hall–Kier alpha value is -1.42. The summed E-state index contributed by atoms with van der Waals surface area (Å²) >= 11 is 0. The Bertz CT molecular complexity index is 459. The summed E-state index contributed by atoms with van der Waals surface area (Å²) in [4.78, 5) is 14.3. The Labute approximate surface area is 113 Å². The van der Waals surface area contributed by atoms with Crippen molar-refractivity contribution in [2.75, 3.05) is 19.6 Å². The van der Waals surface area contributed by atoms with Gasteiger partial charge in [0.15, 0.2) is 0 Å². The second kappa shape index (κ2) is 6.15. The minimum atomic E-state index is -0.263. The van der Waals surface area contributed by atoms with Crippen molar-refractivity contribution in [1.82, 2.24) is 10.2 Å². The highest BCUT2D eigenvalue weighted by atomic mass is 19.1. The molecule has 0 saturated carbocycles. The maximum atomic E-state index is 13.2. The molecule has 2 rings (SSSR count). The molecule has 1 aromatic carbocycles. The number of amides is 1. The smallest absolute Gasteiger partial charge is 0.253 e. The number of likely N-dealkylation sites (N-methyl/N-ethyl adjacent to an activating group) is 1. The van der Waals surface area contributed by atoms with E-state index in [4.69, 9.17) is 0 Å². The summed E-state index contributed by atoms with van der Waals surface area (Å²) in [5.41, 5.74) is 1.10. The number of likely N-dealkylation sites (tertiary alicyclic amines) is 1. The molecule has 1 fully saturated rings. The molecule has 104 valence electrons. The average molecular weight is 264 g/mol. The van der Waals surface area contributed by atoms with E-state index in [0.29, 0.717) is 17.2 Å². The predicted molar refractivity (Wildman–Crippen MR) is 73.7 cm³/mol. The Kier molecular flexibility index (Phi) is 4.53. The van der Waals surface area contributed by atoms with Gasteiger partial charge in [-0.2, -0.15) is 0 Å². The second-order valence-electron chi connectivity index (χ2n) is 5.11. The Morgan fingerprint density at radius 3 is 3.00 bits per heavy atom. The Balaban J connectivity index is 2.08. The lowest BCUT2D eigenvalue weighted by Crippen LogP contribution is -2.47. The first-order valence-electron chi connectivity index (χ1n) is 6.90. The summed E-state index contributed by atoms with van der Waals surface area (Å²) in [7, 11) is 0. The number of rotatable bonds is 3. The SMILES string of the molecule is CCNC1CCCN(C(=O)c2ccc(F)c(C)c2)C1. The molecule has 0 radical (unpaired) electrons. The van der Waals surface area contributed by atoms with Gasteiger partial charge in [0.1, 0.15) is 5.82 Å². The van der Waals surface area contributed by atoms with E-state index >= 15 is 0 Å². The molecule has 3 nitrogen and oxygen atoms in total. The Morgan fingerprint density at radius 1 is 1.53 bits per heavy atom. The molecule has 1 atom stereocenters. The number of hydrogen-bond donors (Lipinski definition) is 1. The van der Waals surface area contributed by atoms with Crippen molar-refractivity contribution in [3.05, 3.63) is 35.1 Å². The van der Waals surface area contributed by atoms with E-state index in [0.717, 1.165) is 32.5 Å². The first kappa shape index (κ1) is 14.0. The van der Waals surface area contributed by atoms with Crippen LogP contribution in [0.4, 0.5) is 4.39 Å². The van der Waals surface area contributed by atoms with Crippen LogP contribution < -0.4 is 5.32 Å². The van der Waals surface area contributed by atoms with Gasteiger partial charge >= 0.3 is 0 Å². The van der Waals surface area contributed by atoms with E-state index in [1.807, 2.05) is 4.90 Å². The van der Waals surface area contributed by atoms with Gasteiger partial charge in [-0.1, -0.05) is 6.92 Å². The maximum absolute atomic E-state index is 13.2. The van der Waals surface area contributed by atoms with Crippen LogP contribution in [0, 0.1) is 12.7 Å². The fraction of sp³-hybridized carbons (Fsp3) is 0.533. The third kappa shape index (κ3) is 3.32. The van der Waals surface area contributed by atoms with E-state index < -0.39 is 0 Å². The number of hydrogen-bond acceptors (Lipinski definition) is 2. The maximum Gasteiger partial charge on any atom is 0.253 e. The van der Waals surface area contributed by atoms with E-state index in [2.05, 4.69) is 12.2 Å². The van der Waals surface area contributed by atoms with Crippen LogP contribution in [0.2, 0.25) is 0 Å². The zero-order valence-electron chi connectivity index (χ0n) is 11.6. The van der Waals surface area contributed by atoms with Crippen molar-refractivity contribution < 1.29 is 9.18 Å². The zero-order chi connectivity index (χ0) is 13.8. The quantitative estimate of drug-likeness (QED) is 0.909. The number of nitrogens with zero attached hydrogens (tertiary/aromatic N) is 1. The van der Waals surface area contributed by atoms with E-state index in [-0.39, 0.29) is 11.7 Å². The van der Waals surface area contributed by atoms with Crippen LogP contribution in [0.25, 0.3) is 0 Å². The van der Waals surface area contributed by atoms with Crippen molar-refractivity contribution in [2.45, 2.75) is 32.7 Å². The van der Waals surface area contributed by atoms with E-state index in [1.54, 1.807) is 19.1 Å². The zero-order valence-corrected chi connectivity index (χ0v) is 11.6. The number of aryl methyl sites for hydroxylation is 1. The first-order valence-corrected chi connectivity index (χ1v) is 6.90. The molecule has 1 saturated heterocycles. The normalized spacial score (nSPS) is 19.5. The number of carbonyl (C=O) groups is 1. The van der Waals surface area contributed by atoms with Crippen molar-refractivity contribution in [1.29, 1.82) is 0 Å². The lowest BCUT2D eigenvalue weighted by atomic mass is 10.0. The molecule has 1 heterocycles. The monoisotopic (exact) mass is 264 g/mol. The summed E-state index contributed by atoms with van der Waals surface area (Å²) in [6, 6.07) is 4.95. The Morgan fingerprint density at radius 2 is 2.32 bits per heavy atom. The van der Waals surface area contributed by atoms with Gasteiger partial charge < -0.3 is 10.2 Å². The fourth-order valence-electron chi connectivity index (χ4n) is 2.58. The average Bonchev–Trinajstić information content (AvgIpc) is 2.42. The van der Waals surface area contributed by atoms with Crippen LogP contribution in [-0.4, -0.2) is 36.5 Å². The predicted octanol–water partition coefficient (Wildman–Crippen LogP) is 2.35. The minimum absolute atomic E-state index is 0.00528. The molecular formula is C15H21FN2O. The lowest BCUT2D eigenvalue weighted by Gasteiger charge is -2.33. The van der Waals surface area contributed by atoms with Crippen molar-refractivity contribution in [3.63, 3.8) is 0 Å².